The Morgan fingerprint density at radius 2 is 1.81 bits per heavy atom. The molecule has 0 saturated carbocycles. The first-order chi connectivity index (χ1) is 9.88. The number of benzene rings is 1. The molecule has 0 aliphatic rings. The Kier molecular flexibility index (Phi) is 3.80. The molecule has 2 aromatic rings. The van der Waals surface area contributed by atoms with Crippen LogP contribution in [0.25, 0.3) is 6.08 Å². The summed E-state index contributed by atoms with van der Waals surface area (Å²) in [6, 6.07) is 5.15. The zero-order chi connectivity index (χ0) is 15.6. The molecule has 108 valence electrons. The highest BCUT2D eigenvalue weighted by atomic mass is 16.4. The van der Waals surface area contributed by atoms with E-state index in [0.717, 1.165) is 6.08 Å². The van der Waals surface area contributed by atoms with Gasteiger partial charge < -0.3 is 19.7 Å². The summed E-state index contributed by atoms with van der Waals surface area (Å²) in [6.07, 6.45) is 2.40. The monoisotopic (exact) mass is 288 g/mol. The van der Waals surface area contributed by atoms with Gasteiger partial charge in [-0.2, -0.15) is 0 Å². The van der Waals surface area contributed by atoms with Crippen LogP contribution in [0.15, 0.2) is 39.6 Å². The molecule has 1 aromatic heterocycles. The topological polar surface area (TPSA) is 108 Å². The molecule has 0 bridgehead atoms. The van der Waals surface area contributed by atoms with Crippen LogP contribution in [0.4, 0.5) is 0 Å². The van der Waals surface area contributed by atoms with Crippen molar-refractivity contribution in [2.24, 2.45) is 0 Å². The second-order valence-electron chi connectivity index (χ2n) is 4.35. The number of carbonyl (C=O) groups is 1. The average molecular weight is 288 g/mol. The summed E-state index contributed by atoms with van der Waals surface area (Å²) >= 11 is 0. The molecule has 6 nitrogen and oxygen atoms in total. The molecule has 0 atom stereocenters. The summed E-state index contributed by atoms with van der Waals surface area (Å²) in [7, 11) is 0. The molecule has 0 saturated heterocycles. The van der Waals surface area contributed by atoms with Crippen molar-refractivity contribution >= 4 is 11.9 Å². The predicted molar refractivity (Wildman–Crippen MR) is 74.5 cm³/mol. The van der Waals surface area contributed by atoms with Gasteiger partial charge in [0.25, 0.3) is 0 Å². The molecule has 0 fully saturated rings. The van der Waals surface area contributed by atoms with Crippen molar-refractivity contribution < 1.29 is 24.5 Å². The standard InChI is InChI=1S/C15H12O6/c1-8-6-13(19)14(15(20)21-8)11(17)5-3-9-2-4-10(16)12(18)7-9/h2-7,16,18-19H,1H3/b5-3+. The lowest BCUT2D eigenvalue weighted by molar-refractivity contribution is 0.104. The highest BCUT2D eigenvalue weighted by Crippen LogP contribution is 2.25. The van der Waals surface area contributed by atoms with E-state index in [2.05, 4.69) is 0 Å². The van der Waals surface area contributed by atoms with E-state index in [1.54, 1.807) is 0 Å². The first-order valence-electron chi connectivity index (χ1n) is 5.96. The molecule has 1 heterocycles. The third kappa shape index (κ3) is 3.11. The Hall–Kier alpha value is -3.02. The number of rotatable bonds is 3. The van der Waals surface area contributed by atoms with Crippen LogP contribution in [-0.2, 0) is 0 Å². The largest absolute Gasteiger partial charge is 0.507 e. The van der Waals surface area contributed by atoms with Gasteiger partial charge in [-0.3, -0.25) is 4.79 Å². The maximum absolute atomic E-state index is 11.9. The van der Waals surface area contributed by atoms with Crippen molar-refractivity contribution in [3.63, 3.8) is 0 Å². The normalized spacial score (nSPS) is 10.9. The lowest BCUT2D eigenvalue weighted by atomic mass is 10.1. The van der Waals surface area contributed by atoms with Crippen molar-refractivity contribution in [1.29, 1.82) is 0 Å². The molecular weight excluding hydrogens is 276 g/mol. The van der Waals surface area contributed by atoms with Crippen molar-refractivity contribution in [3.8, 4) is 17.2 Å². The predicted octanol–water partition coefficient (Wildman–Crippen LogP) is 1.96. The van der Waals surface area contributed by atoms with E-state index in [1.807, 2.05) is 0 Å². The molecule has 0 radical (unpaired) electrons. The molecule has 0 unspecified atom stereocenters. The number of phenolic OH excluding ortho intramolecular Hbond substituents is 2. The van der Waals surface area contributed by atoms with E-state index in [-0.39, 0.29) is 17.3 Å². The Bertz CT molecular complexity index is 785. The summed E-state index contributed by atoms with van der Waals surface area (Å²) < 4.78 is 4.75. The Balaban J connectivity index is 2.31. The number of aryl methyl sites for hydroxylation is 1. The minimum atomic E-state index is -0.921. The van der Waals surface area contributed by atoms with Gasteiger partial charge in [0.05, 0.1) is 0 Å². The second kappa shape index (κ2) is 5.54. The minimum Gasteiger partial charge on any atom is -0.507 e. The van der Waals surface area contributed by atoms with Gasteiger partial charge >= 0.3 is 5.63 Å². The van der Waals surface area contributed by atoms with Gasteiger partial charge in [0.1, 0.15) is 17.1 Å². The molecule has 6 heteroatoms. The summed E-state index contributed by atoms with van der Waals surface area (Å²) in [4.78, 5) is 23.5. The smallest absolute Gasteiger partial charge is 0.351 e. The summed E-state index contributed by atoms with van der Waals surface area (Å²) in [5.41, 5.74) is -0.940. The summed E-state index contributed by atoms with van der Waals surface area (Å²) in [6.45, 7) is 1.48. The van der Waals surface area contributed by atoms with E-state index in [4.69, 9.17) is 4.42 Å². The van der Waals surface area contributed by atoms with Crippen LogP contribution in [-0.4, -0.2) is 21.1 Å². The van der Waals surface area contributed by atoms with Crippen LogP contribution in [0, 0.1) is 6.92 Å². The second-order valence-corrected chi connectivity index (χ2v) is 4.35. The van der Waals surface area contributed by atoms with Crippen LogP contribution in [0.2, 0.25) is 0 Å². The van der Waals surface area contributed by atoms with Gasteiger partial charge in [0.15, 0.2) is 17.3 Å². The zero-order valence-electron chi connectivity index (χ0n) is 11.0. The fraction of sp³-hybridized carbons (Fsp3) is 0.0667. The molecule has 3 N–H and O–H groups in total. The minimum absolute atomic E-state index is 0.196. The maximum Gasteiger partial charge on any atom is 0.351 e. The van der Waals surface area contributed by atoms with E-state index < -0.39 is 22.7 Å². The molecule has 2 rings (SSSR count). The van der Waals surface area contributed by atoms with Crippen molar-refractivity contribution in [1.82, 2.24) is 0 Å². The van der Waals surface area contributed by atoms with Crippen LogP contribution < -0.4 is 5.63 Å². The third-order valence-electron chi connectivity index (χ3n) is 2.73. The highest BCUT2D eigenvalue weighted by Gasteiger charge is 2.15. The highest BCUT2D eigenvalue weighted by molar-refractivity contribution is 6.08. The quantitative estimate of drug-likeness (QED) is 0.452. The number of carbonyl (C=O) groups excluding carboxylic acids is 1. The Labute approximate surface area is 119 Å². The lowest BCUT2D eigenvalue weighted by Crippen LogP contribution is -2.12. The SMILES string of the molecule is Cc1cc(O)c(C(=O)/C=C/c2ccc(O)c(O)c2)c(=O)o1. The zero-order valence-corrected chi connectivity index (χ0v) is 11.0. The van der Waals surface area contributed by atoms with Crippen LogP contribution in [0.3, 0.4) is 0 Å². The summed E-state index contributed by atoms with van der Waals surface area (Å²) in [5.74, 6) is -1.60. The van der Waals surface area contributed by atoms with Gasteiger partial charge in [0, 0.05) is 6.07 Å². The average Bonchev–Trinajstić information content (AvgIpc) is 2.39. The van der Waals surface area contributed by atoms with Gasteiger partial charge in [-0.1, -0.05) is 12.1 Å². The number of allylic oxidation sites excluding steroid dienone is 1. The van der Waals surface area contributed by atoms with E-state index >= 15 is 0 Å². The molecule has 0 aliphatic carbocycles. The van der Waals surface area contributed by atoms with Crippen molar-refractivity contribution in [3.05, 3.63) is 57.6 Å². The summed E-state index contributed by atoms with van der Waals surface area (Å²) in [5, 5.41) is 28.1. The third-order valence-corrected chi connectivity index (χ3v) is 2.73. The fourth-order valence-corrected chi connectivity index (χ4v) is 1.72. The first kappa shape index (κ1) is 14.4. The number of aromatic hydroxyl groups is 3. The number of ketones is 1. The Morgan fingerprint density at radius 1 is 1.10 bits per heavy atom. The lowest BCUT2D eigenvalue weighted by Gasteiger charge is -2.00. The van der Waals surface area contributed by atoms with Gasteiger partial charge in [-0.25, -0.2) is 4.79 Å². The van der Waals surface area contributed by atoms with E-state index in [1.165, 1.54) is 37.3 Å². The van der Waals surface area contributed by atoms with Gasteiger partial charge in [-0.15, -0.1) is 0 Å². The molecule has 0 amide bonds. The van der Waals surface area contributed by atoms with E-state index in [9.17, 15) is 24.9 Å². The van der Waals surface area contributed by atoms with Crippen LogP contribution in [0.5, 0.6) is 17.2 Å². The van der Waals surface area contributed by atoms with E-state index in [0.29, 0.717) is 5.56 Å². The maximum atomic E-state index is 11.9. The number of phenols is 2. The van der Waals surface area contributed by atoms with Gasteiger partial charge in [-0.05, 0) is 30.7 Å². The molecule has 0 spiro atoms. The van der Waals surface area contributed by atoms with Crippen molar-refractivity contribution in [2.75, 3.05) is 0 Å². The molecule has 21 heavy (non-hydrogen) atoms. The fourth-order valence-electron chi connectivity index (χ4n) is 1.72. The number of hydrogen-bond acceptors (Lipinski definition) is 6. The number of hydrogen-bond donors (Lipinski definition) is 3. The first-order valence-corrected chi connectivity index (χ1v) is 5.96. The Morgan fingerprint density at radius 3 is 2.43 bits per heavy atom. The van der Waals surface area contributed by atoms with Crippen LogP contribution in [0.1, 0.15) is 21.7 Å². The molecule has 0 aliphatic heterocycles. The van der Waals surface area contributed by atoms with Gasteiger partial charge in [0.2, 0.25) is 0 Å². The molecule has 1 aromatic carbocycles. The molecular formula is C15H12O6. The van der Waals surface area contributed by atoms with Crippen LogP contribution >= 0.6 is 0 Å². The van der Waals surface area contributed by atoms with Crippen molar-refractivity contribution in [2.45, 2.75) is 6.92 Å².